The number of aromatic nitrogens is 4. The van der Waals surface area contributed by atoms with Crippen molar-refractivity contribution >= 4 is 34.3 Å². The first-order valence-corrected chi connectivity index (χ1v) is 13.5. The van der Waals surface area contributed by atoms with Gasteiger partial charge in [0.1, 0.15) is 0 Å². The number of nitrogens with one attached hydrogen (secondary N) is 2. The molecule has 3 aliphatic rings. The topological polar surface area (TPSA) is 77.4 Å². The molecule has 0 bridgehead atoms. The summed E-state index contributed by atoms with van der Waals surface area (Å²) in [7, 11) is 4.15. The molecule has 6 rings (SSSR count). The van der Waals surface area contributed by atoms with Crippen LogP contribution in [0.4, 0.5) is 23.1 Å². The molecule has 1 aromatic carbocycles. The van der Waals surface area contributed by atoms with Gasteiger partial charge in [-0.3, -0.25) is 0 Å². The van der Waals surface area contributed by atoms with Crippen LogP contribution in [-0.4, -0.2) is 89.2 Å². The second-order valence-electron chi connectivity index (χ2n) is 11.2. The van der Waals surface area contributed by atoms with E-state index in [2.05, 4.69) is 75.2 Å². The average molecular weight is 490 g/mol. The molecule has 9 heteroatoms. The zero-order valence-corrected chi connectivity index (χ0v) is 21.9. The molecule has 0 atom stereocenters. The lowest BCUT2D eigenvalue weighted by Gasteiger charge is -2.61. The number of likely N-dealkylation sites (tertiary alicyclic amines) is 1. The summed E-state index contributed by atoms with van der Waals surface area (Å²) >= 11 is 0. The Kier molecular flexibility index (Phi) is 6.21. The molecule has 4 heterocycles. The highest BCUT2D eigenvalue weighted by Crippen LogP contribution is 2.42. The van der Waals surface area contributed by atoms with Gasteiger partial charge >= 0.3 is 0 Å². The molecule has 0 unspecified atom stereocenters. The lowest BCUT2D eigenvalue weighted by molar-refractivity contribution is -0.0177. The normalized spacial score (nSPS) is 19.7. The van der Waals surface area contributed by atoms with Gasteiger partial charge in [0.25, 0.3) is 0 Å². The summed E-state index contributed by atoms with van der Waals surface area (Å²) in [6.07, 6.45) is 6.88. The van der Waals surface area contributed by atoms with Crippen LogP contribution in [0.2, 0.25) is 0 Å². The zero-order chi connectivity index (χ0) is 24.7. The highest BCUT2D eigenvalue weighted by molar-refractivity contribution is 5.86. The van der Waals surface area contributed by atoms with Crippen LogP contribution in [0.15, 0.2) is 30.6 Å². The minimum absolute atomic E-state index is 0.478. The van der Waals surface area contributed by atoms with E-state index in [0.29, 0.717) is 17.4 Å². The Bertz CT molecular complexity index is 1180. The molecule has 2 N–H and O–H groups in total. The molecule has 36 heavy (non-hydrogen) atoms. The molecule has 3 fully saturated rings. The molecule has 9 nitrogen and oxygen atoms in total. The summed E-state index contributed by atoms with van der Waals surface area (Å²) in [5.41, 5.74) is 4.60. The number of anilines is 4. The molecule has 192 valence electrons. The lowest BCUT2D eigenvalue weighted by Crippen LogP contribution is -2.72. The Morgan fingerprint density at radius 3 is 2.47 bits per heavy atom. The maximum Gasteiger partial charge on any atom is 0.226 e. The summed E-state index contributed by atoms with van der Waals surface area (Å²) < 4.78 is 2.26. The van der Waals surface area contributed by atoms with Gasteiger partial charge in [0.05, 0.1) is 6.33 Å². The van der Waals surface area contributed by atoms with Crippen LogP contribution < -0.4 is 15.5 Å². The minimum atomic E-state index is 0.478. The Labute approximate surface area is 213 Å². The zero-order valence-electron chi connectivity index (χ0n) is 21.9. The van der Waals surface area contributed by atoms with Crippen molar-refractivity contribution in [2.75, 3.05) is 75.4 Å². The van der Waals surface area contributed by atoms with E-state index in [4.69, 9.17) is 15.0 Å². The van der Waals surface area contributed by atoms with Crippen LogP contribution >= 0.6 is 0 Å². The van der Waals surface area contributed by atoms with Crippen molar-refractivity contribution < 1.29 is 0 Å². The highest BCUT2D eigenvalue weighted by Gasteiger charge is 2.51. The van der Waals surface area contributed by atoms with Crippen LogP contribution in [0.25, 0.3) is 11.2 Å². The van der Waals surface area contributed by atoms with Crippen molar-refractivity contribution in [3.05, 3.63) is 30.6 Å². The standard InChI is InChI=1S/C27H39N9/c1-4-34-15-27(16-34)17-35(18-27)21-11-9-20(10-12-21)30-24-23-25(32-26(31-24)28-13-14-33(2)3)36(19-29-23)22-7-5-6-8-22/h9-12,19,22H,4-8,13-18H2,1-3H3,(H2,28,30,31,32). The van der Waals surface area contributed by atoms with Gasteiger partial charge in [-0.15, -0.1) is 0 Å². The lowest BCUT2D eigenvalue weighted by atomic mass is 9.72. The van der Waals surface area contributed by atoms with E-state index >= 15 is 0 Å². The second-order valence-corrected chi connectivity index (χ2v) is 11.2. The monoisotopic (exact) mass is 489 g/mol. The van der Waals surface area contributed by atoms with Crippen LogP contribution in [0.1, 0.15) is 38.6 Å². The Balaban J connectivity index is 1.20. The SMILES string of the molecule is CCN1CC2(C1)CN(c1ccc(Nc3nc(NCCN(C)C)nc4c3ncn4C3CCCC3)cc1)C2. The van der Waals surface area contributed by atoms with E-state index < -0.39 is 0 Å². The molecule has 1 spiro atoms. The van der Waals surface area contributed by atoms with Gasteiger partial charge < -0.3 is 29.9 Å². The molecule has 0 amide bonds. The third-order valence-corrected chi connectivity index (χ3v) is 8.09. The molecule has 2 aromatic heterocycles. The first-order valence-electron chi connectivity index (χ1n) is 13.5. The van der Waals surface area contributed by atoms with Crippen molar-refractivity contribution in [3.8, 4) is 0 Å². The minimum Gasteiger partial charge on any atom is -0.370 e. The third kappa shape index (κ3) is 4.50. The summed E-state index contributed by atoms with van der Waals surface area (Å²) in [5, 5.41) is 6.95. The van der Waals surface area contributed by atoms with Gasteiger partial charge in [0.15, 0.2) is 17.0 Å². The molecular weight excluding hydrogens is 450 g/mol. The molecule has 2 saturated heterocycles. The van der Waals surface area contributed by atoms with Crippen molar-refractivity contribution in [1.29, 1.82) is 0 Å². The van der Waals surface area contributed by atoms with Crippen molar-refractivity contribution in [3.63, 3.8) is 0 Å². The van der Waals surface area contributed by atoms with Crippen LogP contribution in [0.5, 0.6) is 0 Å². The predicted molar refractivity (Wildman–Crippen MR) is 146 cm³/mol. The fraction of sp³-hybridized carbons (Fsp3) is 0.593. The Morgan fingerprint density at radius 2 is 1.78 bits per heavy atom. The predicted octanol–water partition coefficient (Wildman–Crippen LogP) is 3.80. The smallest absolute Gasteiger partial charge is 0.226 e. The largest absolute Gasteiger partial charge is 0.370 e. The van der Waals surface area contributed by atoms with Gasteiger partial charge in [-0.1, -0.05) is 19.8 Å². The van der Waals surface area contributed by atoms with E-state index in [1.54, 1.807) is 0 Å². The molecule has 2 aliphatic heterocycles. The molecule has 0 radical (unpaired) electrons. The number of hydrogen-bond donors (Lipinski definition) is 2. The van der Waals surface area contributed by atoms with Crippen LogP contribution in [0, 0.1) is 5.41 Å². The van der Waals surface area contributed by atoms with Gasteiger partial charge in [0.2, 0.25) is 5.95 Å². The molecule has 1 aliphatic carbocycles. The maximum absolute atomic E-state index is 4.88. The summed E-state index contributed by atoms with van der Waals surface area (Å²) in [6.45, 7) is 9.97. The summed E-state index contributed by atoms with van der Waals surface area (Å²) in [6, 6.07) is 9.22. The number of benzene rings is 1. The Morgan fingerprint density at radius 1 is 1.03 bits per heavy atom. The second kappa shape index (κ2) is 9.52. The number of nitrogens with zero attached hydrogens (tertiary/aromatic N) is 7. The van der Waals surface area contributed by atoms with Crippen molar-refractivity contribution in [1.82, 2.24) is 29.3 Å². The van der Waals surface area contributed by atoms with Gasteiger partial charge in [-0.25, -0.2) is 4.98 Å². The van der Waals surface area contributed by atoms with E-state index in [1.807, 2.05) is 6.33 Å². The quantitative estimate of drug-likeness (QED) is 0.470. The van der Waals surface area contributed by atoms with Gasteiger partial charge in [-0.05, 0) is 57.7 Å². The number of hydrogen-bond acceptors (Lipinski definition) is 8. The Hall–Kier alpha value is -2.91. The maximum atomic E-state index is 4.88. The number of likely N-dealkylation sites (N-methyl/N-ethyl adjacent to an activating group) is 1. The third-order valence-electron chi connectivity index (χ3n) is 8.09. The van der Waals surface area contributed by atoms with Crippen LogP contribution in [0.3, 0.4) is 0 Å². The fourth-order valence-corrected chi connectivity index (χ4v) is 6.09. The highest BCUT2D eigenvalue weighted by atomic mass is 15.3. The fourth-order valence-electron chi connectivity index (χ4n) is 6.09. The van der Waals surface area contributed by atoms with E-state index in [-0.39, 0.29) is 0 Å². The van der Waals surface area contributed by atoms with Crippen molar-refractivity contribution in [2.45, 2.75) is 38.6 Å². The van der Waals surface area contributed by atoms with Crippen molar-refractivity contribution in [2.24, 2.45) is 5.41 Å². The first kappa shape index (κ1) is 23.5. The summed E-state index contributed by atoms with van der Waals surface area (Å²) in [4.78, 5) is 21.6. The van der Waals surface area contributed by atoms with Gasteiger partial charge in [0, 0.05) is 62.1 Å². The summed E-state index contributed by atoms with van der Waals surface area (Å²) in [5.74, 6) is 1.41. The number of rotatable bonds is 9. The van der Waals surface area contributed by atoms with E-state index in [1.165, 1.54) is 64.1 Å². The number of imidazole rings is 1. The van der Waals surface area contributed by atoms with E-state index in [0.717, 1.165) is 35.8 Å². The molecule has 1 saturated carbocycles. The van der Waals surface area contributed by atoms with Crippen LogP contribution in [-0.2, 0) is 0 Å². The molecule has 3 aromatic rings. The first-order chi connectivity index (χ1) is 17.5. The average Bonchev–Trinajstić information content (AvgIpc) is 3.48. The van der Waals surface area contributed by atoms with Gasteiger partial charge in [-0.2, -0.15) is 9.97 Å². The molecular formula is C27H39N9. The van der Waals surface area contributed by atoms with E-state index in [9.17, 15) is 0 Å². The number of fused-ring (bicyclic) bond motifs is 1.